The molecular weight excluding hydrogens is 385 g/mol. The van der Waals surface area contributed by atoms with E-state index in [0.29, 0.717) is 42.2 Å². The van der Waals surface area contributed by atoms with Crippen molar-refractivity contribution in [1.29, 1.82) is 0 Å². The summed E-state index contributed by atoms with van der Waals surface area (Å²) >= 11 is 1.17. The van der Waals surface area contributed by atoms with E-state index < -0.39 is 21.8 Å². The van der Waals surface area contributed by atoms with E-state index in [1.165, 1.54) is 23.5 Å². The quantitative estimate of drug-likeness (QED) is 0.827. The van der Waals surface area contributed by atoms with Crippen LogP contribution in [0.15, 0.2) is 46.0 Å². The molecule has 1 saturated heterocycles. The van der Waals surface area contributed by atoms with Crippen LogP contribution in [0.25, 0.3) is 0 Å². The Bertz CT molecular complexity index is 828. The number of thiophene rings is 1. The summed E-state index contributed by atoms with van der Waals surface area (Å²) in [5.41, 5.74) is -0.0361. The number of nitrogens with zero attached hydrogens (tertiary/aromatic N) is 1. The smallest absolute Gasteiger partial charge is 0.299 e. The van der Waals surface area contributed by atoms with E-state index in [4.69, 9.17) is 0 Å². The first-order valence-electron chi connectivity index (χ1n) is 8.18. The van der Waals surface area contributed by atoms with Crippen LogP contribution in [0.3, 0.4) is 0 Å². The van der Waals surface area contributed by atoms with E-state index in [2.05, 4.69) is 4.72 Å². The fourth-order valence-electron chi connectivity index (χ4n) is 3.01. The second-order valence-electron chi connectivity index (χ2n) is 6.30. The molecule has 0 atom stereocenters. The summed E-state index contributed by atoms with van der Waals surface area (Å²) in [4.78, 5) is 2.05. The number of hydrogen-bond donors (Lipinski definition) is 1. The number of halogens is 3. The average Bonchev–Trinajstić information content (AvgIpc) is 3.11. The van der Waals surface area contributed by atoms with Crippen LogP contribution in [-0.2, 0) is 22.7 Å². The van der Waals surface area contributed by atoms with Crippen LogP contribution < -0.4 is 4.72 Å². The van der Waals surface area contributed by atoms with E-state index in [9.17, 15) is 21.6 Å². The number of likely N-dealkylation sites (tertiary alicyclic amines) is 1. The zero-order chi connectivity index (χ0) is 18.8. The average molecular weight is 404 g/mol. The molecule has 1 aromatic heterocycles. The minimum absolute atomic E-state index is 0.153. The Balaban J connectivity index is 1.55. The first-order valence-corrected chi connectivity index (χ1v) is 10.5. The number of benzene rings is 1. The molecular formula is C17H19F3N2O2S2. The highest BCUT2D eigenvalue weighted by Gasteiger charge is 2.30. The van der Waals surface area contributed by atoms with Gasteiger partial charge in [-0.05, 0) is 35.9 Å². The molecule has 1 N–H and O–H groups in total. The van der Waals surface area contributed by atoms with Crippen molar-refractivity contribution in [3.63, 3.8) is 0 Å². The highest BCUT2D eigenvalue weighted by Crippen LogP contribution is 2.30. The van der Waals surface area contributed by atoms with Gasteiger partial charge in [-0.2, -0.15) is 13.2 Å². The number of piperidine rings is 1. The lowest BCUT2D eigenvalue weighted by Gasteiger charge is -2.32. The molecule has 0 radical (unpaired) electrons. The van der Waals surface area contributed by atoms with Crippen LogP contribution in [0.4, 0.5) is 13.2 Å². The molecule has 2 aromatic rings. The summed E-state index contributed by atoms with van der Waals surface area (Å²) in [6, 6.07) is 8.44. The van der Waals surface area contributed by atoms with Crippen LogP contribution in [0.2, 0.25) is 0 Å². The lowest BCUT2D eigenvalue weighted by Crippen LogP contribution is -2.44. The monoisotopic (exact) mass is 404 g/mol. The van der Waals surface area contributed by atoms with Crippen molar-refractivity contribution >= 4 is 21.4 Å². The maximum absolute atomic E-state index is 12.8. The molecule has 142 valence electrons. The number of sulfonamides is 1. The van der Waals surface area contributed by atoms with E-state index in [0.717, 1.165) is 6.07 Å². The van der Waals surface area contributed by atoms with Crippen molar-refractivity contribution in [3.8, 4) is 0 Å². The Hall–Kier alpha value is -1.42. The minimum atomic E-state index is -4.34. The van der Waals surface area contributed by atoms with Gasteiger partial charge in [-0.25, -0.2) is 13.1 Å². The van der Waals surface area contributed by atoms with E-state index in [1.54, 1.807) is 23.6 Å². The van der Waals surface area contributed by atoms with Crippen LogP contribution in [0.5, 0.6) is 0 Å². The highest BCUT2D eigenvalue weighted by atomic mass is 32.2. The van der Waals surface area contributed by atoms with Gasteiger partial charge in [0.05, 0.1) is 5.56 Å². The van der Waals surface area contributed by atoms with Crippen molar-refractivity contribution < 1.29 is 21.6 Å². The van der Waals surface area contributed by atoms with Gasteiger partial charge >= 0.3 is 6.18 Å². The van der Waals surface area contributed by atoms with Gasteiger partial charge in [-0.3, -0.25) is 4.90 Å². The van der Waals surface area contributed by atoms with Crippen LogP contribution in [-0.4, -0.2) is 32.4 Å². The summed E-state index contributed by atoms with van der Waals surface area (Å²) in [6.45, 7) is 1.69. The second kappa shape index (κ2) is 7.67. The fourth-order valence-corrected chi connectivity index (χ4v) is 5.32. The molecule has 9 heteroatoms. The third-order valence-corrected chi connectivity index (χ3v) is 7.25. The molecule has 1 aliphatic heterocycles. The molecule has 0 unspecified atom stereocenters. The summed E-state index contributed by atoms with van der Waals surface area (Å²) in [6.07, 6.45) is -3.09. The third-order valence-electron chi connectivity index (χ3n) is 4.33. The predicted molar refractivity (Wildman–Crippen MR) is 94.4 cm³/mol. The first kappa shape index (κ1) is 19.3. The Kier molecular flexibility index (Phi) is 5.71. The molecule has 4 nitrogen and oxygen atoms in total. The van der Waals surface area contributed by atoms with Crippen molar-refractivity contribution in [1.82, 2.24) is 9.62 Å². The minimum Gasteiger partial charge on any atom is -0.299 e. The molecule has 0 spiro atoms. The lowest BCUT2D eigenvalue weighted by atomic mass is 10.0. The molecule has 0 aliphatic carbocycles. The molecule has 0 amide bonds. The SMILES string of the molecule is O=S(=O)(NC1CCN(Cc2cccc(C(F)(F)F)c2)CC1)c1cccs1. The summed E-state index contributed by atoms with van der Waals surface area (Å²) in [7, 11) is -3.49. The Morgan fingerprint density at radius 3 is 2.50 bits per heavy atom. The topological polar surface area (TPSA) is 49.4 Å². The normalized spacial score (nSPS) is 17.5. The summed E-state index contributed by atoms with van der Waals surface area (Å²) in [5, 5.41) is 1.71. The van der Waals surface area contributed by atoms with Crippen molar-refractivity contribution in [3.05, 3.63) is 52.9 Å². The van der Waals surface area contributed by atoms with Crippen LogP contribution >= 0.6 is 11.3 Å². The maximum Gasteiger partial charge on any atom is 0.416 e. The molecule has 3 rings (SSSR count). The van der Waals surface area contributed by atoms with Gasteiger partial charge < -0.3 is 0 Å². The molecule has 0 saturated carbocycles. The Labute approximate surface area is 154 Å². The van der Waals surface area contributed by atoms with Gasteiger partial charge in [0, 0.05) is 25.7 Å². The van der Waals surface area contributed by atoms with Crippen LogP contribution in [0.1, 0.15) is 24.0 Å². The van der Waals surface area contributed by atoms with Gasteiger partial charge in [-0.1, -0.05) is 24.3 Å². The van der Waals surface area contributed by atoms with Gasteiger partial charge in [0.15, 0.2) is 0 Å². The number of nitrogens with one attached hydrogen (secondary N) is 1. The van der Waals surface area contributed by atoms with E-state index in [-0.39, 0.29) is 6.04 Å². The zero-order valence-electron chi connectivity index (χ0n) is 13.9. The van der Waals surface area contributed by atoms with Crippen molar-refractivity contribution in [2.24, 2.45) is 0 Å². The molecule has 1 aliphatic rings. The molecule has 2 heterocycles. The number of hydrogen-bond acceptors (Lipinski definition) is 4. The van der Waals surface area contributed by atoms with Gasteiger partial charge in [0.25, 0.3) is 0 Å². The number of rotatable bonds is 5. The van der Waals surface area contributed by atoms with Gasteiger partial charge in [0.2, 0.25) is 10.0 Å². The summed E-state index contributed by atoms with van der Waals surface area (Å²) in [5.74, 6) is 0. The lowest BCUT2D eigenvalue weighted by molar-refractivity contribution is -0.137. The highest BCUT2D eigenvalue weighted by molar-refractivity contribution is 7.91. The van der Waals surface area contributed by atoms with Crippen molar-refractivity contribution in [2.75, 3.05) is 13.1 Å². The Morgan fingerprint density at radius 1 is 1.15 bits per heavy atom. The molecule has 1 aromatic carbocycles. The largest absolute Gasteiger partial charge is 0.416 e. The van der Waals surface area contributed by atoms with E-state index in [1.807, 2.05) is 4.90 Å². The summed E-state index contributed by atoms with van der Waals surface area (Å²) < 4.78 is 65.9. The third kappa shape index (κ3) is 4.85. The maximum atomic E-state index is 12.8. The zero-order valence-corrected chi connectivity index (χ0v) is 15.5. The van der Waals surface area contributed by atoms with Gasteiger partial charge in [0.1, 0.15) is 4.21 Å². The number of alkyl halides is 3. The standard InChI is InChI=1S/C17H19F3N2O2S2/c18-17(19,20)14-4-1-3-13(11-14)12-22-8-6-15(7-9-22)21-26(23,24)16-5-2-10-25-16/h1-5,10-11,15,21H,6-9,12H2. The predicted octanol–water partition coefficient (Wildman–Crippen LogP) is 3.71. The first-order chi connectivity index (χ1) is 12.2. The fraction of sp³-hybridized carbons (Fsp3) is 0.412. The second-order valence-corrected chi connectivity index (χ2v) is 9.19. The van der Waals surface area contributed by atoms with Crippen LogP contribution in [0, 0.1) is 0 Å². The van der Waals surface area contributed by atoms with Crippen molar-refractivity contribution in [2.45, 2.75) is 35.8 Å². The van der Waals surface area contributed by atoms with Gasteiger partial charge in [-0.15, -0.1) is 11.3 Å². The molecule has 1 fully saturated rings. The molecule has 0 bridgehead atoms. The Morgan fingerprint density at radius 2 is 1.88 bits per heavy atom. The van der Waals surface area contributed by atoms with E-state index >= 15 is 0 Å². The molecule has 26 heavy (non-hydrogen) atoms.